The largest absolute Gasteiger partial charge is 0.344 e. The standard InChI is InChI=1S/C16H20N2/c1-11-7-10-18-15-6-9-17-8-5-13(15)14-4-2-3-12(11)16(14)18/h2-4,11,17H,5-10H2,1H3. The minimum atomic E-state index is 0.720. The molecule has 3 heterocycles. The van der Waals surface area contributed by atoms with Gasteiger partial charge in [-0.3, -0.25) is 0 Å². The van der Waals surface area contributed by atoms with Gasteiger partial charge in [-0.2, -0.15) is 0 Å². The van der Waals surface area contributed by atoms with E-state index in [1.165, 1.54) is 31.2 Å². The minimum Gasteiger partial charge on any atom is -0.344 e. The number of benzene rings is 1. The van der Waals surface area contributed by atoms with E-state index in [-0.39, 0.29) is 0 Å². The molecule has 2 nitrogen and oxygen atoms in total. The molecule has 0 radical (unpaired) electrons. The van der Waals surface area contributed by atoms with Gasteiger partial charge in [-0.25, -0.2) is 0 Å². The highest BCUT2D eigenvalue weighted by Crippen LogP contribution is 2.38. The molecule has 0 aliphatic carbocycles. The molecule has 0 saturated carbocycles. The van der Waals surface area contributed by atoms with Gasteiger partial charge in [0.15, 0.2) is 0 Å². The Balaban J connectivity index is 2.08. The van der Waals surface area contributed by atoms with Gasteiger partial charge in [0.25, 0.3) is 0 Å². The number of para-hydroxylation sites is 1. The van der Waals surface area contributed by atoms with E-state index in [1.807, 2.05) is 0 Å². The molecule has 18 heavy (non-hydrogen) atoms. The van der Waals surface area contributed by atoms with Crippen molar-refractivity contribution < 1.29 is 0 Å². The Hall–Kier alpha value is -1.28. The van der Waals surface area contributed by atoms with Crippen LogP contribution in [0.4, 0.5) is 0 Å². The van der Waals surface area contributed by atoms with Gasteiger partial charge in [0, 0.05) is 30.6 Å². The molecular weight excluding hydrogens is 220 g/mol. The second kappa shape index (κ2) is 3.86. The van der Waals surface area contributed by atoms with Gasteiger partial charge in [0.05, 0.1) is 5.52 Å². The molecule has 1 unspecified atom stereocenters. The monoisotopic (exact) mass is 240 g/mol. The van der Waals surface area contributed by atoms with Crippen molar-refractivity contribution in [2.24, 2.45) is 0 Å². The molecule has 1 N–H and O–H groups in total. The summed E-state index contributed by atoms with van der Waals surface area (Å²) in [6.45, 7) is 5.85. The zero-order valence-electron chi connectivity index (χ0n) is 11.0. The number of nitrogens with zero attached hydrogens (tertiary/aromatic N) is 1. The molecule has 1 atom stereocenters. The van der Waals surface area contributed by atoms with Crippen LogP contribution in [0.1, 0.15) is 36.1 Å². The summed E-state index contributed by atoms with van der Waals surface area (Å²) in [5.74, 6) is 0.720. The Bertz CT molecular complexity index is 609. The van der Waals surface area contributed by atoms with Crippen LogP contribution in [0.25, 0.3) is 10.9 Å². The van der Waals surface area contributed by atoms with E-state index in [0.717, 1.165) is 19.0 Å². The van der Waals surface area contributed by atoms with Crippen molar-refractivity contribution in [2.75, 3.05) is 13.1 Å². The minimum absolute atomic E-state index is 0.720. The lowest BCUT2D eigenvalue weighted by molar-refractivity contribution is 0.546. The second-order valence-corrected chi connectivity index (χ2v) is 5.76. The van der Waals surface area contributed by atoms with Crippen molar-refractivity contribution in [2.45, 2.75) is 38.6 Å². The molecule has 2 aliphatic heterocycles. The van der Waals surface area contributed by atoms with Crippen LogP contribution in [-0.2, 0) is 19.4 Å². The summed E-state index contributed by atoms with van der Waals surface area (Å²) < 4.78 is 2.62. The van der Waals surface area contributed by atoms with Crippen molar-refractivity contribution in [1.82, 2.24) is 9.88 Å². The van der Waals surface area contributed by atoms with Crippen LogP contribution in [-0.4, -0.2) is 17.7 Å². The number of aryl methyl sites for hydroxylation is 1. The normalized spacial score (nSPS) is 22.8. The van der Waals surface area contributed by atoms with Gasteiger partial charge in [0.2, 0.25) is 0 Å². The fourth-order valence-corrected chi connectivity index (χ4v) is 3.79. The number of hydrogen-bond acceptors (Lipinski definition) is 1. The summed E-state index contributed by atoms with van der Waals surface area (Å²) in [5, 5.41) is 5.05. The first-order valence-corrected chi connectivity index (χ1v) is 7.20. The van der Waals surface area contributed by atoms with E-state index in [1.54, 1.807) is 22.3 Å². The SMILES string of the molecule is CC1CCn2c3c(c4cccc1c42)CCNCC3. The zero-order valence-corrected chi connectivity index (χ0v) is 11.0. The number of nitrogens with one attached hydrogen (secondary N) is 1. The Morgan fingerprint density at radius 3 is 3.06 bits per heavy atom. The second-order valence-electron chi connectivity index (χ2n) is 5.76. The van der Waals surface area contributed by atoms with Crippen LogP contribution in [0.5, 0.6) is 0 Å². The third-order valence-electron chi connectivity index (χ3n) is 4.74. The molecule has 0 spiro atoms. The van der Waals surface area contributed by atoms with Crippen LogP contribution in [0.3, 0.4) is 0 Å². The quantitative estimate of drug-likeness (QED) is 0.749. The van der Waals surface area contributed by atoms with E-state index in [4.69, 9.17) is 0 Å². The van der Waals surface area contributed by atoms with Gasteiger partial charge in [-0.05, 0) is 36.4 Å². The van der Waals surface area contributed by atoms with Crippen LogP contribution in [0, 0.1) is 0 Å². The molecule has 2 heteroatoms. The van der Waals surface area contributed by atoms with Crippen molar-refractivity contribution in [1.29, 1.82) is 0 Å². The number of aromatic nitrogens is 1. The highest BCUT2D eigenvalue weighted by molar-refractivity contribution is 5.89. The molecule has 0 saturated heterocycles. The lowest BCUT2D eigenvalue weighted by Gasteiger charge is -2.23. The molecule has 4 rings (SSSR count). The molecule has 94 valence electrons. The maximum absolute atomic E-state index is 3.52. The molecule has 2 aliphatic rings. The fraction of sp³-hybridized carbons (Fsp3) is 0.500. The van der Waals surface area contributed by atoms with Crippen molar-refractivity contribution >= 4 is 10.9 Å². The van der Waals surface area contributed by atoms with Gasteiger partial charge >= 0.3 is 0 Å². The summed E-state index contributed by atoms with van der Waals surface area (Å²) in [7, 11) is 0. The number of fused-ring (bicyclic) bond motifs is 3. The lowest BCUT2D eigenvalue weighted by atomic mass is 9.93. The van der Waals surface area contributed by atoms with Crippen LogP contribution >= 0.6 is 0 Å². The average molecular weight is 240 g/mol. The number of rotatable bonds is 0. The summed E-state index contributed by atoms with van der Waals surface area (Å²) in [4.78, 5) is 0. The predicted octanol–water partition coefficient (Wildman–Crippen LogP) is 2.84. The predicted molar refractivity (Wildman–Crippen MR) is 75.2 cm³/mol. The first-order chi connectivity index (χ1) is 8.86. The molecule has 2 aromatic rings. The van der Waals surface area contributed by atoms with Gasteiger partial charge in [-0.15, -0.1) is 0 Å². The van der Waals surface area contributed by atoms with Gasteiger partial charge in [0.1, 0.15) is 0 Å². The van der Waals surface area contributed by atoms with E-state index in [0.29, 0.717) is 0 Å². The molecular formula is C16H20N2. The topological polar surface area (TPSA) is 17.0 Å². The smallest absolute Gasteiger partial charge is 0.0520 e. The third kappa shape index (κ3) is 1.33. The molecule has 0 fully saturated rings. The van der Waals surface area contributed by atoms with E-state index < -0.39 is 0 Å². The summed E-state index contributed by atoms with van der Waals surface area (Å²) >= 11 is 0. The highest BCUT2D eigenvalue weighted by Gasteiger charge is 2.25. The van der Waals surface area contributed by atoms with E-state index in [2.05, 4.69) is 35.0 Å². The van der Waals surface area contributed by atoms with Gasteiger partial charge < -0.3 is 9.88 Å². The maximum atomic E-state index is 3.52. The Kier molecular flexibility index (Phi) is 2.28. The Morgan fingerprint density at radius 2 is 2.11 bits per heavy atom. The lowest BCUT2D eigenvalue weighted by Crippen LogP contribution is -2.18. The van der Waals surface area contributed by atoms with Crippen molar-refractivity contribution in [3.63, 3.8) is 0 Å². The summed E-state index contributed by atoms with van der Waals surface area (Å²) in [6, 6.07) is 6.92. The summed E-state index contributed by atoms with van der Waals surface area (Å²) in [5.41, 5.74) is 6.34. The van der Waals surface area contributed by atoms with Crippen molar-refractivity contribution in [3.8, 4) is 0 Å². The van der Waals surface area contributed by atoms with Crippen molar-refractivity contribution in [3.05, 3.63) is 35.0 Å². The Labute approximate surface area is 108 Å². The molecule has 0 amide bonds. The molecule has 1 aromatic heterocycles. The average Bonchev–Trinajstić information content (AvgIpc) is 2.57. The van der Waals surface area contributed by atoms with Gasteiger partial charge in [-0.1, -0.05) is 25.1 Å². The third-order valence-corrected chi connectivity index (χ3v) is 4.74. The summed E-state index contributed by atoms with van der Waals surface area (Å²) in [6.07, 6.45) is 3.68. The fourth-order valence-electron chi connectivity index (χ4n) is 3.79. The first-order valence-electron chi connectivity index (χ1n) is 7.20. The molecule has 0 bridgehead atoms. The first kappa shape index (κ1) is 10.6. The van der Waals surface area contributed by atoms with Crippen LogP contribution in [0.2, 0.25) is 0 Å². The van der Waals surface area contributed by atoms with E-state index >= 15 is 0 Å². The maximum Gasteiger partial charge on any atom is 0.0520 e. The van der Waals surface area contributed by atoms with Crippen LogP contribution < -0.4 is 5.32 Å². The number of hydrogen-bond donors (Lipinski definition) is 1. The zero-order chi connectivity index (χ0) is 12.1. The van der Waals surface area contributed by atoms with Crippen LogP contribution in [0.15, 0.2) is 18.2 Å². The Morgan fingerprint density at radius 1 is 1.22 bits per heavy atom. The van der Waals surface area contributed by atoms with E-state index in [9.17, 15) is 0 Å². The molecule has 1 aromatic carbocycles. The highest BCUT2D eigenvalue weighted by atomic mass is 15.0.